The van der Waals surface area contributed by atoms with Gasteiger partial charge < -0.3 is 10.1 Å². The molecular weight excluding hydrogens is 348 g/mol. The predicted molar refractivity (Wildman–Crippen MR) is 93.8 cm³/mol. The molecule has 1 aliphatic heterocycles. The average molecular weight is 367 g/mol. The number of halogens is 1. The van der Waals surface area contributed by atoms with Crippen molar-refractivity contribution in [3.05, 3.63) is 35.1 Å². The van der Waals surface area contributed by atoms with E-state index in [4.69, 9.17) is 16.3 Å². The van der Waals surface area contributed by atoms with E-state index < -0.39 is 0 Å². The van der Waals surface area contributed by atoms with Gasteiger partial charge in [-0.25, -0.2) is 0 Å². The Kier molecular flexibility index (Phi) is 5.76. The van der Waals surface area contributed by atoms with Gasteiger partial charge in [-0.05, 0) is 44.0 Å². The number of nitrogens with one attached hydrogen (secondary N) is 1. The highest BCUT2D eigenvalue weighted by Gasteiger charge is 2.17. The number of ether oxygens (including phenoxy) is 1. The lowest BCUT2D eigenvalue weighted by Gasteiger charge is -2.11. The summed E-state index contributed by atoms with van der Waals surface area (Å²) in [5.74, 6) is 1.02. The number of aryl methyl sites for hydroxylation is 1. The number of nitrogens with zero attached hydrogens (tertiary/aromatic N) is 3. The molecule has 0 aliphatic carbocycles. The van der Waals surface area contributed by atoms with Gasteiger partial charge in [-0.3, -0.25) is 9.36 Å². The van der Waals surface area contributed by atoms with Crippen molar-refractivity contribution >= 4 is 29.3 Å². The number of rotatable bonds is 6. The molecule has 3 rings (SSSR count). The second-order valence-corrected chi connectivity index (χ2v) is 6.95. The number of thioether (sulfide) groups is 1. The van der Waals surface area contributed by atoms with Crippen LogP contribution in [0.25, 0.3) is 5.69 Å². The van der Waals surface area contributed by atoms with Crippen LogP contribution in [-0.4, -0.2) is 45.7 Å². The first kappa shape index (κ1) is 17.3. The minimum absolute atomic E-state index is 0.0289. The fourth-order valence-electron chi connectivity index (χ4n) is 2.54. The maximum Gasteiger partial charge on any atom is 0.230 e. The lowest BCUT2D eigenvalue weighted by atomic mass is 10.2. The SMILES string of the molecule is Cc1nnc(SCC(=O)NC[C@H]2CCCO2)n1-c1ccc(Cl)cc1. The van der Waals surface area contributed by atoms with Crippen LogP contribution in [0.2, 0.25) is 5.02 Å². The summed E-state index contributed by atoms with van der Waals surface area (Å²) in [4.78, 5) is 12.0. The molecule has 1 saturated heterocycles. The van der Waals surface area contributed by atoms with Crippen LogP contribution in [0, 0.1) is 6.92 Å². The van der Waals surface area contributed by atoms with Gasteiger partial charge in [-0.15, -0.1) is 10.2 Å². The van der Waals surface area contributed by atoms with Gasteiger partial charge in [0.1, 0.15) is 5.82 Å². The summed E-state index contributed by atoms with van der Waals surface area (Å²) < 4.78 is 7.41. The van der Waals surface area contributed by atoms with Gasteiger partial charge in [0.15, 0.2) is 5.16 Å². The fraction of sp³-hybridized carbons (Fsp3) is 0.438. The molecule has 24 heavy (non-hydrogen) atoms. The van der Waals surface area contributed by atoms with Gasteiger partial charge in [-0.1, -0.05) is 23.4 Å². The van der Waals surface area contributed by atoms with E-state index in [2.05, 4.69) is 15.5 Å². The van der Waals surface area contributed by atoms with E-state index in [0.29, 0.717) is 22.5 Å². The summed E-state index contributed by atoms with van der Waals surface area (Å²) in [5.41, 5.74) is 0.921. The summed E-state index contributed by atoms with van der Waals surface area (Å²) >= 11 is 7.30. The third-order valence-electron chi connectivity index (χ3n) is 3.76. The number of benzene rings is 1. The Morgan fingerprint density at radius 3 is 2.92 bits per heavy atom. The van der Waals surface area contributed by atoms with Gasteiger partial charge >= 0.3 is 0 Å². The lowest BCUT2D eigenvalue weighted by molar-refractivity contribution is -0.119. The third kappa shape index (κ3) is 4.28. The van der Waals surface area contributed by atoms with E-state index in [1.807, 2.05) is 35.8 Å². The minimum Gasteiger partial charge on any atom is -0.376 e. The van der Waals surface area contributed by atoms with Gasteiger partial charge in [0.05, 0.1) is 11.9 Å². The molecule has 1 N–H and O–H groups in total. The van der Waals surface area contributed by atoms with Crippen molar-refractivity contribution in [3.8, 4) is 5.69 Å². The van der Waals surface area contributed by atoms with E-state index in [1.165, 1.54) is 11.8 Å². The van der Waals surface area contributed by atoms with Crippen LogP contribution in [0.3, 0.4) is 0 Å². The highest BCUT2D eigenvalue weighted by Crippen LogP contribution is 2.22. The molecular formula is C16H19ClN4O2S. The topological polar surface area (TPSA) is 69.0 Å². The zero-order valence-corrected chi connectivity index (χ0v) is 14.9. The summed E-state index contributed by atoms with van der Waals surface area (Å²) in [6, 6.07) is 7.44. The van der Waals surface area contributed by atoms with Gasteiger partial charge in [0, 0.05) is 23.9 Å². The summed E-state index contributed by atoms with van der Waals surface area (Å²) in [7, 11) is 0. The molecule has 0 spiro atoms. The molecule has 1 aliphatic rings. The highest BCUT2D eigenvalue weighted by atomic mass is 35.5. The minimum atomic E-state index is -0.0289. The molecule has 2 aromatic rings. The molecule has 1 fully saturated rings. The normalized spacial score (nSPS) is 17.2. The van der Waals surface area contributed by atoms with E-state index in [1.54, 1.807) is 0 Å². The third-order valence-corrected chi connectivity index (χ3v) is 4.94. The zero-order valence-electron chi connectivity index (χ0n) is 13.4. The first-order valence-electron chi connectivity index (χ1n) is 7.82. The monoisotopic (exact) mass is 366 g/mol. The molecule has 1 atom stereocenters. The van der Waals surface area contributed by atoms with Crippen LogP contribution in [0.5, 0.6) is 0 Å². The molecule has 1 aromatic carbocycles. The smallest absolute Gasteiger partial charge is 0.230 e. The Morgan fingerprint density at radius 2 is 2.21 bits per heavy atom. The quantitative estimate of drug-likeness (QED) is 0.796. The van der Waals surface area contributed by atoms with E-state index in [-0.39, 0.29) is 12.0 Å². The van der Waals surface area contributed by atoms with Crippen molar-refractivity contribution in [2.75, 3.05) is 18.9 Å². The molecule has 0 saturated carbocycles. The van der Waals surface area contributed by atoms with Gasteiger partial charge in [-0.2, -0.15) is 0 Å². The van der Waals surface area contributed by atoms with Crippen molar-refractivity contribution in [2.45, 2.75) is 31.0 Å². The average Bonchev–Trinajstić information content (AvgIpc) is 3.22. The Balaban J connectivity index is 1.59. The number of hydrogen-bond acceptors (Lipinski definition) is 5. The molecule has 128 valence electrons. The molecule has 6 nitrogen and oxygen atoms in total. The van der Waals surface area contributed by atoms with Crippen LogP contribution in [0.1, 0.15) is 18.7 Å². The van der Waals surface area contributed by atoms with Crippen LogP contribution in [0.15, 0.2) is 29.4 Å². The maximum absolute atomic E-state index is 12.0. The number of carbonyl (C=O) groups excluding carboxylic acids is 1. The van der Waals surface area contributed by atoms with E-state index in [9.17, 15) is 4.79 Å². The standard InChI is InChI=1S/C16H19ClN4O2S/c1-11-19-20-16(21(11)13-6-4-12(17)5-7-13)24-10-15(22)18-9-14-3-2-8-23-14/h4-7,14H,2-3,8-10H2,1H3,(H,18,22)/t14-/m1/s1. The largest absolute Gasteiger partial charge is 0.376 e. The second kappa shape index (κ2) is 8.00. The molecule has 2 heterocycles. The van der Waals surface area contributed by atoms with Gasteiger partial charge in [0.25, 0.3) is 0 Å². The molecule has 1 amide bonds. The number of hydrogen-bond donors (Lipinski definition) is 1. The van der Waals surface area contributed by atoms with Crippen molar-refractivity contribution < 1.29 is 9.53 Å². The van der Waals surface area contributed by atoms with Crippen molar-refractivity contribution in [1.82, 2.24) is 20.1 Å². The summed E-state index contributed by atoms with van der Waals surface area (Å²) in [6.45, 7) is 3.24. The second-order valence-electron chi connectivity index (χ2n) is 5.57. The molecule has 0 unspecified atom stereocenters. The van der Waals surface area contributed by atoms with E-state index in [0.717, 1.165) is 31.0 Å². The van der Waals surface area contributed by atoms with Crippen molar-refractivity contribution in [2.24, 2.45) is 0 Å². The molecule has 8 heteroatoms. The van der Waals surface area contributed by atoms with Crippen LogP contribution in [-0.2, 0) is 9.53 Å². The summed E-state index contributed by atoms with van der Waals surface area (Å²) in [5, 5.41) is 12.5. The Morgan fingerprint density at radius 1 is 1.42 bits per heavy atom. The number of amides is 1. The van der Waals surface area contributed by atoms with Gasteiger partial charge in [0.2, 0.25) is 5.91 Å². The first-order valence-corrected chi connectivity index (χ1v) is 9.19. The Bertz CT molecular complexity index is 699. The Labute approximate surface area is 149 Å². The lowest BCUT2D eigenvalue weighted by Crippen LogP contribution is -2.32. The highest BCUT2D eigenvalue weighted by molar-refractivity contribution is 7.99. The molecule has 0 bridgehead atoms. The Hall–Kier alpha value is -1.57. The van der Waals surface area contributed by atoms with Crippen LogP contribution in [0.4, 0.5) is 0 Å². The maximum atomic E-state index is 12.0. The number of carbonyl (C=O) groups is 1. The van der Waals surface area contributed by atoms with Crippen LogP contribution < -0.4 is 5.32 Å². The van der Waals surface area contributed by atoms with E-state index >= 15 is 0 Å². The first-order chi connectivity index (χ1) is 11.6. The molecule has 0 radical (unpaired) electrons. The predicted octanol–water partition coefficient (Wildman–Crippen LogP) is 2.62. The van der Waals surface area contributed by atoms with Crippen LogP contribution >= 0.6 is 23.4 Å². The number of aromatic nitrogens is 3. The zero-order chi connectivity index (χ0) is 16.9. The van der Waals surface area contributed by atoms with Crippen molar-refractivity contribution in [3.63, 3.8) is 0 Å². The summed E-state index contributed by atoms with van der Waals surface area (Å²) in [6.07, 6.45) is 2.23. The fourth-order valence-corrected chi connectivity index (χ4v) is 3.49. The molecule has 1 aromatic heterocycles. The van der Waals surface area contributed by atoms with Crippen molar-refractivity contribution in [1.29, 1.82) is 0 Å².